The number of fused-ring (bicyclic) bond motifs is 2. The Bertz CT molecular complexity index is 2350. The number of aliphatic imine (C=N–C) groups is 2. The molecule has 8 rings (SSSR count). The van der Waals surface area contributed by atoms with Crippen LogP contribution in [0.5, 0.6) is 0 Å². The maximum absolute atomic E-state index is 5.96. The van der Waals surface area contributed by atoms with Crippen molar-refractivity contribution in [3.63, 3.8) is 0 Å². The van der Waals surface area contributed by atoms with Crippen LogP contribution in [0.3, 0.4) is 0 Å². The molecule has 0 atom stereocenters. The van der Waals surface area contributed by atoms with Gasteiger partial charge in [-0.15, -0.1) is 0 Å². The average molecular weight is 682 g/mol. The van der Waals surface area contributed by atoms with E-state index in [4.69, 9.17) is 11.5 Å². The maximum Gasteiger partial charge on any atom is 0.150 e. The van der Waals surface area contributed by atoms with Crippen LogP contribution in [-0.4, -0.2) is 50.8 Å². The van der Waals surface area contributed by atoms with Gasteiger partial charge in [0.05, 0.1) is 35.3 Å². The first kappa shape index (κ1) is 33.8. The van der Waals surface area contributed by atoms with E-state index in [0.717, 1.165) is 74.3 Å². The lowest BCUT2D eigenvalue weighted by Gasteiger charge is -2.18. The van der Waals surface area contributed by atoms with Crippen molar-refractivity contribution in [2.75, 3.05) is 24.6 Å². The van der Waals surface area contributed by atoms with Gasteiger partial charge in [0.1, 0.15) is 28.8 Å². The lowest BCUT2D eigenvalue weighted by atomic mass is 10.1. The second-order valence-corrected chi connectivity index (χ2v) is 14.1. The fourth-order valence-electron chi connectivity index (χ4n) is 5.95. The lowest BCUT2D eigenvalue weighted by molar-refractivity contribution is 0.506. The molecule has 9 heteroatoms. The van der Waals surface area contributed by atoms with E-state index in [-0.39, 0.29) is 11.1 Å². The smallest absolute Gasteiger partial charge is 0.150 e. The Labute approximate surface area is 303 Å². The molecule has 0 radical (unpaired) electrons. The van der Waals surface area contributed by atoms with Gasteiger partial charge in [-0.1, -0.05) is 72.2 Å². The SMILES string of the molecule is CC1(C)CN=C(c2cccc(C#Cc3cnc(N)c4ccccc34)c2)N1.CC1(C)CN=C(c2cccc(C#Cc3cnc(N)c4ncccc34)c2)N1. The molecule has 5 heterocycles. The van der Waals surface area contributed by atoms with Crippen LogP contribution in [0.25, 0.3) is 21.7 Å². The molecular weight excluding hydrogens is 643 g/mol. The summed E-state index contributed by atoms with van der Waals surface area (Å²) in [4.78, 5) is 22.0. The Balaban J connectivity index is 0.000000162. The molecule has 3 aromatic heterocycles. The summed E-state index contributed by atoms with van der Waals surface area (Å²) in [5.74, 6) is 15.7. The normalized spacial score (nSPS) is 15.1. The Morgan fingerprint density at radius 3 is 1.63 bits per heavy atom. The molecular formula is C43H39N9. The van der Waals surface area contributed by atoms with E-state index in [2.05, 4.69) is 99.1 Å². The molecule has 0 aliphatic carbocycles. The van der Waals surface area contributed by atoms with Crippen LogP contribution >= 0.6 is 0 Å². The number of aromatic nitrogens is 3. The lowest BCUT2D eigenvalue weighted by Crippen LogP contribution is -2.39. The Morgan fingerprint density at radius 2 is 1.08 bits per heavy atom. The molecule has 0 spiro atoms. The number of hydrogen-bond acceptors (Lipinski definition) is 9. The highest BCUT2D eigenvalue weighted by atomic mass is 15.1. The third-order valence-electron chi connectivity index (χ3n) is 8.63. The summed E-state index contributed by atoms with van der Waals surface area (Å²) in [6.45, 7) is 10.1. The van der Waals surface area contributed by atoms with E-state index in [1.807, 2.05) is 72.8 Å². The number of pyridine rings is 3. The predicted molar refractivity (Wildman–Crippen MR) is 212 cm³/mol. The van der Waals surface area contributed by atoms with Gasteiger partial charge in [-0.25, -0.2) is 9.97 Å². The Morgan fingerprint density at radius 1 is 0.558 bits per heavy atom. The number of nitrogen functional groups attached to an aromatic ring is 2. The molecule has 6 N–H and O–H groups in total. The Kier molecular flexibility index (Phi) is 9.02. The number of nitrogens with one attached hydrogen (secondary N) is 2. The largest absolute Gasteiger partial charge is 0.383 e. The zero-order valence-electron chi connectivity index (χ0n) is 29.6. The van der Waals surface area contributed by atoms with Gasteiger partial charge in [0.25, 0.3) is 0 Å². The minimum atomic E-state index is -0.00142. The fourth-order valence-corrected chi connectivity index (χ4v) is 5.95. The van der Waals surface area contributed by atoms with E-state index in [1.165, 1.54) is 0 Å². The molecule has 2 aliphatic heterocycles. The molecule has 9 nitrogen and oxygen atoms in total. The van der Waals surface area contributed by atoms with Crippen molar-refractivity contribution in [3.8, 4) is 23.7 Å². The minimum absolute atomic E-state index is 0.00142. The highest BCUT2D eigenvalue weighted by Crippen LogP contribution is 2.23. The number of nitrogens with zero attached hydrogens (tertiary/aromatic N) is 5. The Hall–Kier alpha value is -6.71. The quantitative estimate of drug-likeness (QED) is 0.162. The predicted octanol–water partition coefficient (Wildman–Crippen LogP) is 6.09. The molecule has 0 unspecified atom stereocenters. The molecule has 0 amide bonds. The van der Waals surface area contributed by atoms with Crippen LogP contribution in [-0.2, 0) is 0 Å². The molecule has 0 saturated heterocycles. The number of benzene rings is 3. The van der Waals surface area contributed by atoms with Gasteiger partial charge in [-0.2, -0.15) is 0 Å². The van der Waals surface area contributed by atoms with E-state index in [0.29, 0.717) is 17.2 Å². The maximum atomic E-state index is 5.96. The second kappa shape index (κ2) is 13.9. The summed E-state index contributed by atoms with van der Waals surface area (Å²) in [5, 5.41) is 9.76. The summed E-state index contributed by atoms with van der Waals surface area (Å²) < 4.78 is 0. The topological polar surface area (TPSA) is 139 Å². The fraction of sp³-hybridized carbons (Fsp3) is 0.186. The summed E-state index contributed by atoms with van der Waals surface area (Å²) in [6.07, 6.45) is 5.14. The van der Waals surface area contributed by atoms with Crippen molar-refractivity contribution in [1.29, 1.82) is 0 Å². The van der Waals surface area contributed by atoms with Crippen molar-refractivity contribution < 1.29 is 0 Å². The minimum Gasteiger partial charge on any atom is -0.383 e. The molecule has 6 aromatic rings. The van der Waals surface area contributed by atoms with Gasteiger partial charge in [0.2, 0.25) is 0 Å². The third kappa shape index (κ3) is 7.55. The first-order chi connectivity index (χ1) is 25.0. The van der Waals surface area contributed by atoms with Crippen LogP contribution in [0.4, 0.5) is 11.6 Å². The third-order valence-corrected chi connectivity index (χ3v) is 8.63. The van der Waals surface area contributed by atoms with E-state index in [9.17, 15) is 0 Å². The van der Waals surface area contributed by atoms with Crippen molar-refractivity contribution >= 4 is 45.0 Å². The summed E-state index contributed by atoms with van der Waals surface area (Å²) in [5.41, 5.74) is 18.2. The first-order valence-electron chi connectivity index (χ1n) is 17.1. The van der Waals surface area contributed by atoms with Crippen LogP contribution in [0, 0.1) is 23.7 Å². The molecule has 0 bridgehead atoms. The number of nitrogens with two attached hydrogens (primary N) is 2. The molecule has 0 fully saturated rings. The van der Waals surface area contributed by atoms with Crippen LogP contribution in [0.1, 0.15) is 61.1 Å². The average Bonchev–Trinajstić information content (AvgIpc) is 3.72. The van der Waals surface area contributed by atoms with E-state index < -0.39 is 0 Å². The van der Waals surface area contributed by atoms with Gasteiger partial charge < -0.3 is 22.1 Å². The van der Waals surface area contributed by atoms with Crippen LogP contribution < -0.4 is 22.1 Å². The monoisotopic (exact) mass is 681 g/mol. The van der Waals surface area contributed by atoms with Crippen LogP contribution in [0.15, 0.2) is 114 Å². The van der Waals surface area contributed by atoms with Gasteiger partial charge in [-0.05, 0) is 64.1 Å². The first-order valence-corrected chi connectivity index (χ1v) is 17.1. The van der Waals surface area contributed by atoms with Gasteiger partial charge in [0.15, 0.2) is 0 Å². The number of rotatable bonds is 2. The van der Waals surface area contributed by atoms with Crippen molar-refractivity contribution in [2.24, 2.45) is 9.98 Å². The highest BCUT2D eigenvalue weighted by Gasteiger charge is 2.26. The zero-order chi connectivity index (χ0) is 36.3. The van der Waals surface area contributed by atoms with Crippen LogP contribution in [0.2, 0.25) is 0 Å². The number of hydrogen-bond donors (Lipinski definition) is 4. The van der Waals surface area contributed by atoms with Crippen molar-refractivity contribution in [2.45, 2.75) is 38.8 Å². The molecule has 0 saturated carbocycles. The second-order valence-electron chi connectivity index (χ2n) is 14.1. The van der Waals surface area contributed by atoms with E-state index >= 15 is 0 Å². The van der Waals surface area contributed by atoms with Gasteiger partial charge in [0, 0.05) is 57.0 Å². The summed E-state index contributed by atoms with van der Waals surface area (Å²) in [6, 6.07) is 28.0. The molecule has 3 aromatic carbocycles. The molecule has 256 valence electrons. The molecule has 52 heavy (non-hydrogen) atoms. The summed E-state index contributed by atoms with van der Waals surface area (Å²) >= 11 is 0. The van der Waals surface area contributed by atoms with Gasteiger partial charge in [-0.3, -0.25) is 15.0 Å². The number of anilines is 2. The summed E-state index contributed by atoms with van der Waals surface area (Å²) in [7, 11) is 0. The van der Waals surface area contributed by atoms with Crippen molar-refractivity contribution in [3.05, 3.63) is 137 Å². The number of amidine groups is 2. The van der Waals surface area contributed by atoms with Crippen molar-refractivity contribution in [1.82, 2.24) is 25.6 Å². The standard InChI is InChI=1S/C22H20N4.C21H19N5/c1-22(2)14-25-21(26-22)16-7-5-6-15(12-16)10-11-17-13-24-20(23)19-9-4-3-8-18(17)19;1-21(2)13-25-20(26-21)15-6-3-5-14(11-15)8-9-16-12-24-19(22)18-17(16)7-4-10-23-18/h3-9,12-13H,14H2,1-2H3,(H2,23,24)(H,25,26);3-7,10-12H,13H2,1-2H3,(H2,22,24)(H,25,26). The van der Waals surface area contributed by atoms with Gasteiger partial charge >= 0.3 is 0 Å². The zero-order valence-corrected chi connectivity index (χ0v) is 29.6. The highest BCUT2D eigenvalue weighted by molar-refractivity contribution is 6.01. The molecule has 2 aliphatic rings. The van der Waals surface area contributed by atoms with E-state index in [1.54, 1.807) is 18.6 Å².